The van der Waals surface area contributed by atoms with Crippen molar-refractivity contribution in [1.82, 2.24) is 9.78 Å². The Morgan fingerprint density at radius 3 is 2.69 bits per heavy atom. The van der Waals surface area contributed by atoms with E-state index in [0.29, 0.717) is 11.4 Å². The lowest BCUT2D eigenvalue weighted by Gasteiger charge is -2.06. The number of carbonyl (C=O) groups excluding carboxylic acids is 1. The summed E-state index contributed by atoms with van der Waals surface area (Å²) in [6.45, 7) is 3.97. The Labute approximate surface area is 201 Å². The standard InChI is InChI=1S/C25H24N4O6/c1-3-18-5-7-20(8-6-18)34-16-28-14-19(13-26-28)27-25(30)24-11-9-21(35-24)15-33-23-10-4-17(2)12-22(23)29(31)32/h4-14H,3,15-16H2,1-2H3,(H,27,30). The minimum absolute atomic E-state index is 0.0638. The number of aryl methyl sites for hydroxylation is 2. The predicted molar refractivity (Wildman–Crippen MR) is 128 cm³/mol. The van der Waals surface area contributed by atoms with Crippen molar-refractivity contribution < 1.29 is 23.6 Å². The highest BCUT2D eigenvalue weighted by molar-refractivity contribution is 6.02. The molecule has 0 saturated heterocycles. The fourth-order valence-corrected chi connectivity index (χ4v) is 3.27. The fourth-order valence-electron chi connectivity index (χ4n) is 3.27. The van der Waals surface area contributed by atoms with Crippen LogP contribution in [0.3, 0.4) is 0 Å². The topological polar surface area (TPSA) is 122 Å². The molecule has 0 radical (unpaired) electrons. The molecule has 0 spiro atoms. The Morgan fingerprint density at radius 2 is 1.94 bits per heavy atom. The maximum atomic E-state index is 12.5. The summed E-state index contributed by atoms with van der Waals surface area (Å²) in [5.41, 5.74) is 2.32. The second kappa shape index (κ2) is 10.6. The molecule has 2 aromatic carbocycles. The van der Waals surface area contributed by atoms with Gasteiger partial charge in [-0.15, -0.1) is 0 Å². The van der Waals surface area contributed by atoms with E-state index >= 15 is 0 Å². The molecule has 10 nitrogen and oxygen atoms in total. The number of hydrogen-bond donors (Lipinski definition) is 1. The van der Waals surface area contributed by atoms with Crippen molar-refractivity contribution in [3.8, 4) is 11.5 Å². The fraction of sp³-hybridized carbons (Fsp3) is 0.200. The lowest BCUT2D eigenvalue weighted by atomic mass is 10.2. The first-order chi connectivity index (χ1) is 16.9. The van der Waals surface area contributed by atoms with Crippen LogP contribution in [0.15, 0.2) is 71.4 Å². The maximum Gasteiger partial charge on any atom is 0.311 e. The molecule has 0 bridgehead atoms. The monoisotopic (exact) mass is 476 g/mol. The quantitative estimate of drug-likeness (QED) is 0.249. The zero-order valence-electron chi connectivity index (χ0n) is 19.3. The minimum atomic E-state index is -0.503. The van der Waals surface area contributed by atoms with Crippen molar-refractivity contribution in [3.63, 3.8) is 0 Å². The average molecular weight is 476 g/mol. The molecule has 0 atom stereocenters. The first-order valence-electron chi connectivity index (χ1n) is 10.9. The summed E-state index contributed by atoms with van der Waals surface area (Å²) < 4.78 is 18.3. The zero-order valence-corrected chi connectivity index (χ0v) is 19.3. The van der Waals surface area contributed by atoms with Crippen molar-refractivity contribution in [2.45, 2.75) is 33.6 Å². The number of rotatable bonds is 10. The number of aromatic nitrogens is 2. The van der Waals surface area contributed by atoms with Gasteiger partial charge in [0.05, 0.1) is 23.0 Å². The summed E-state index contributed by atoms with van der Waals surface area (Å²) >= 11 is 0. The van der Waals surface area contributed by atoms with Gasteiger partial charge in [0.2, 0.25) is 0 Å². The zero-order chi connectivity index (χ0) is 24.8. The molecule has 2 heterocycles. The Bertz CT molecular complexity index is 1330. The molecule has 0 aliphatic carbocycles. The molecule has 4 rings (SSSR count). The average Bonchev–Trinajstić information content (AvgIpc) is 3.52. The number of nitro groups is 1. The Kier molecular flexibility index (Phi) is 7.10. The number of amides is 1. The molecular formula is C25H24N4O6. The minimum Gasteiger partial charge on any atom is -0.479 e. The van der Waals surface area contributed by atoms with E-state index in [-0.39, 0.29) is 30.5 Å². The summed E-state index contributed by atoms with van der Waals surface area (Å²) in [4.78, 5) is 23.3. The SMILES string of the molecule is CCc1ccc(OCn2cc(NC(=O)c3ccc(COc4ccc(C)cc4[N+](=O)[O-])o3)cn2)cc1. The second-order valence-electron chi connectivity index (χ2n) is 7.78. The molecule has 10 heteroatoms. The Balaban J connectivity index is 1.30. The molecule has 2 aromatic heterocycles. The molecule has 0 saturated carbocycles. The molecule has 0 unspecified atom stereocenters. The van der Waals surface area contributed by atoms with Crippen molar-refractivity contribution in [2.24, 2.45) is 0 Å². The van der Waals surface area contributed by atoms with E-state index in [4.69, 9.17) is 13.9 Å². The van der Waals surface area contributed by atoms with Gasteiger partial charge in [0.15, 0.2) is 18.2 Å². The van der Waals surface area contributed by atoms with Gasteiger partial charge in [-0.05, 0) is 54.8 Å². The molecule has 4 aromatic rings. The largest absolute Gasteiger partial charge is 0.479 e. The lowest BCUT2D eigenvalue weighted by Crippen LogP contribution is -2.10. The van der Waals surface area contributed by atoms with Crippen LogP contribution in [0.1, 0.15) is 34.4 Å². The van der Waals surface area contributed by atoms with Crippen molar-refractivity contribution >= 4 is 17.3 Å². The van der Waals surface area contributed by atoms with Gasteiger partial charge in [-0.3, -0.25) is 14.9 Å². The van der Waals surface area contributed by atoms with E-state index in [1.54, 1.807) is 29.9 Å². The van der Waals surface area contributed by atoms with Gasteiger partial charge < -0.3 is 19.2 Å². The van der Waals surface area contributed by atoms with Gasteiger partial charge in [-0.2, -0.15) is 5.10 Å². The van der Waals surface area contributed by atoms with E-state index in [0.717, 1.165) is 17.7 Å². The lowest BCUT2D eigenvalue weighted by molar-refractivity contribution is -0.386. The number of hydrogen-bond acceptors (Lipinski definition) is 7. The molecule has 1 N–H and O–H groups in total. The second-order valence-corrected chi connectivity index (χ2v) is 7.78. The van der Waals surface area contributed by atoms with E-state index in [1.165, 1.54) is 30.0 Å². The third kappa shape index (κ3) is 6.05. The van der Waals surface area contributed by atoms with Gasteiger partial charge in [0.25, 0.3) is 5.91 Å². The molecular weight excluding hydrogens is 452 g/mol. The molecule has 0 aliphatic heterocycles. The maximum absolute atomic E-state index is 12.5. The molecule has 180 valence electrons. The van der Waals surface area contributed by atoms with Gasteiger partial charge >= 0.3 is 5.69 Å². The van der Waals surface area contributed by atoms with E-state index < -0.39 is 10.8 Å². The highest BCUT2D eigenvalue weighted by Gasteiger charge is 2.17. The molecule has 1 amide bonds. The van der Waals surface area contributed by atoms with E-state index in [1.807, 2.05) is 24.3 Å². The third-order valence-electron chi connectivity index (χ3n) is 5.15. The van der Waals surface area contributed by atoms with Crippen LogP contribution in [0.25, 0.3) is 0 Å². The molecule has 0 fully saturated rings. The summed E-state index contributed by atoms with van der Waals surface area (Å²) in [5, 5.41) is 18.1. The third-order valence-corrected chi connectivity index (χ3v) is 5.15. The number of anilines is 1. The number of nitrogens with one attached hydrogen (secondary N) is 1. The van der Waals surface area contributed by atoms with E-state index in [2.05, 4.69) is 17.3 Å². The summed E-state index contributed by atoms with van der Waals surface area (Å²) in [5.74, 6) is 0.807. The number of benzene rings is 2. The van der Waals surface area contributed by atoms with Crippen LogP contribution < -0.4 is 14.8 Å². The van der Waals surface area contributed by atoms with Crippen LogP contribution in [0.2, 0.25) is 0 Å². The number of furan rings is 1. The number of nitrogens with zero attached hydrogens (tertiary/aromatic N) is 3. The molecule has 35 heavy (non-hydrogen) atoms. The van der Waals surface area contributed by atoms with Crippen molar-refractivity contribution in [2.75, 3.05) is 5.32 Å². The summed E-state index contributed by atoms with van der Waals surface area (Å²) in [6.07, 6.45) is 4.11. The predicted octanol–water partition coefficient (Wildman–Crippen LogP) is 5.12. The smallest absolute Gasteiger partial charge is 0.311 e. The van der Waals surface area contributed by atoms with Crippen molar-refractivity contribution in [3.05, 3.63) is 99.8 Å². The van der Waals surface area contributed by atoms with Gasteiger partial charge in [-0.1, -0.05) is 25.1 Å². The van der Waals surface area contributed by atoms with Crippen LogP contribution in [-0.4, -0.2) is 20.6 Å². The van der Waals surface area contributed by atoms with Crippen LogP contribution in [0.4, 0.5) is 11.4 Å². The van der Waals surface area contributed by atoms with Gasteiger partial charge in [0.1, 0.15) is 18.1 Å². The Morgan fingerprint density at radius 1 is 1.14 bits per heavy atom. The molecule has 0 aliphatic rings. The highest BCUT2D eigenvalue weighted by Crippen LogP contribution is 2.28. The van der Waals surface area contributed by atoms with Crippen LogP contribution in [-0.2, 0) is 19.8 Å². The van der Waals surface area contributed by atoms with E-state index in [9.17, 15) is 14.9 Å². The Hall–Kier alpha value is -4.60. The number of carbonyl (C=O) groups is 1. The van der Waals surface area contributed by atoms with Crippen LogP contribution in [0, 0.1) is 17.0 Å². The summed E-state index contributed by atoms with van der Waals surface area (Å²) in [7, 11) is 0. The van der Waals surface area contributed by atoms with Crippen LogP contribution >= 0.6 is 0 Å². The van der Waals surface area contributed by atoms with Gasteiger partial charge in [0, 0.05) is 6.07 Å². The van der Waals surface area contributed by atoms with Crippen molar-refractivity contribution in [1.29, 1.82) is 0 Å². The van der Waals surface area contributed by atoms with Crippen LogP contribution in [0.5, 0.6) is 11.5 Å². The normalized spacial score (nSPS) is 10.7. The first kappa shape index (κ1) is 23.6. The summed E-state index contributed by atoms with van der Waals surface area (Å²) in [6, 6.07) is 15.6. The number of ether oxygens (including phenoxy) is 2. The van der Waals surface area contributed by atoms with Gasteiger partial charge in [-0.25, -0.2) is 4.68 Å². The number of nitro benzene ring substituents is 1. The highest BCUT2D eigenvalue weighted by atomic mass is 16.6. The first-order valence-corrected chi connectivity index (χ1v) is 10.9.